The number of methoxy groups -OCH3 is 1. The lowest BCUT2D eigenvalue weighted by atomic mass is 10.2. The topological polar surface area (TPSA) is 84.9 Å². The first-order valence-electron chi connectivity index (χ1n) is 6.59. The number of carbonyl (C=O) groups is 2. The number of aromatic carboxylic acids is 1. The molecule has 0 bridgehead atoms. The molecule has 0 spiro atoms. The minimum Gasteiger partial charge on any atom is -0.496 e. The lowest BCUT2D eigenvalue weighted by Crippen LogP contribution is -2.14. The minimum atomic E-state index is -1.18. The van der Waals surface area contributed by atoms with Gasteiger partial charge in [0.25, 0.3) is 0 Å². The number of ether oxygens (including phenoxy) is 2. The fraction of sp³-hybridized carbons (Fsp3) is 0.125. The molecular formula is C16H14ClNO5. The molecule has 7 heteroatoms. The Bertz CT molecular complexity index is 718. The second-order valence-corrected chi connectivity index (χ2v) is 4.93. The largest absolute Gasteiger partial charge is 0.496 e. The molecule has 0 unspecified atom stereocenters. The van der Waals surface area contributed by atoms with Gasteiger partial charge in [0, 0.05) is 6.07 Å². The van der Waals surface area contributed by atoms with Gasteiger partial charge < -0.3 is 14.6 Å². The van der Waals surface area contributed by atoms with Crippen LogP contribution in [0.4, 0.5) is 10.5 Å². The van der Waals surface area contributed by atoms with Crippen LogP contribution in [-0.4, -0.2) is 24.3 Å². The van der Waals surface area contributed by atoms with E-state index in [-0.39, 0.29) is 28.6 Å². The van der Waals surface area contributed by atoms with E-state index in [0.29, 0.717) is 0 Å². The maximum absolute atomic E-state index is 11.8. The van der Waals surface area contributed by atoms with Gasteiger partial charge in [-0.05, 0) is 11.6 Å². The third-order valence-corrected chi connectivity index (χ3v) is 3.28. The Labute approximate surface area is 137 Å². The number of hydrogen-bond donors (Lipinski definition) is 2. The minimum absolute atomic E-state index is 0.0693. The monoisotopic (exact) mass is 335 g/mol. The normalized spacial score (nSPS) is 10.0. The number of halogens is 1. The standard InChI is InChI=1S/C16H14ClNO5/c1-22-14-8-13(12(17)7-11(14)15(19)20)18-16(21)23-9-10-5-3-2-4-6-10/h2-8H,9H2,1H3,(H,18,21)(H,19,20). The summed E-state index contributed by atoms with van der Waals surface area (Å²) in [6.45, 7) is 0.106. The van der Waals surface area contributed by atoms with Crippen LogP contribution in [0.3, 0.4) is 0 Å². The van der Waals surface area contributed by atoms with Gasteiger partial charge in [0.05, 0.1) is 17.8 Å². The molecule has 2 aromatic carbocycles. The molecule has 1 amide bonds. The third-order valence-electron chi connectivity index (χ3n) is 2.97. The number of rotatable bonds is 5. The Balaban J connectivity index is 2.07. The van der Waals surface area contributed by atoms with Crippen molar-refractivity contribution in [2.75, 3.05) is 12.4 Å². The van der Waals surface area contributed by atoms with Gasteiger partial charge in [0.2, 0.25) is 0 Å². The van der Waals surface area contributed by atoms with Crippen LogP contribution in [0.5, 0.6) is 5.75 Å². The molecule has 2 N–H and O–H groups in total. The maximum atomic E-state index is 11.8. The molecule has 0 atom stereocenters. The SMILES string of the molecule is COc1cc(NC(=O)OCc2ccccc2)c(Cl)cc1C(=O)O. The van der Waals surface area contributed by atoms with Crippen molar-refractivity contribution in [3.63, 3.8) is 0 Å². The molecule has 6 nitrogen and oxygen atoms in total. The van der Waals surface area contributed by atoms with E-state index in [2.05, 4.69) is 5.32 Å². The van der Waals surface area contributed by atoms with Crippen molar-refractivity contribution in [2.24, 2.45) is 0 Å². The van der Waals surface area contributed by atoms with Crippen molar-refractivity contribution < 1.29 is 24.2 Å². The van der Waals surface area contributed by atoms with E-state index >= 15 is 0 Å². The number of anilines is 1. The Morgan fingerprint density at radius 2 is 1.91 bits per heavy atom. The van der Waals surface area contributed by atoms with Crippen molar-refractivity contribution in [2.45, 2.75) is 6.61 Å². The van der Waals surface area contributed by atoms with Crippen molar-refractivity contribution in [1.29, 1.82) is 0 Å². The van der Waals surface area contributed by atoms with Gasteiger partial charge in [0.15, 0.2) is 0 Å². The molecule has 0 aliphatic carbocycles. The van der Waals surface area contributed by atoms with Crippen LogP contribution in [0, 0.1) is 0 Å². The van der Waals surface area contributed by atoms with Crippen LogP contribution in [0.1, 0.15) is 15.9 Å². The molecule has 23 heavy (non-hydrogen) atoms. The number of amides is 1. The van der Waals surface area contributed by atoms with Crippen molar-refractivity contribution in [3.05, 3.63) is 58.6 Å². The highest BCUT2D eigenvalue weighted by Crippen LogP contribution is 2.31. The van der Waals surface area contributed by atoms with E-state index in [1.54, 1.807) is 0 Å². The maximum Gasteiger partial charge on any atom is 0.412 e. The molecule has 2 rings (SSSR count). The number of carbonyl (C=O) groups excluding carboxylic acids is 1. The van der Waals surface area contributed by atoms with Gasteiger partial charge in [-0.1, -0.05) is 41.9 Å². The lowest BCUT2D eigenvalue weighted by molar-refractivity contribution is 0.0693. The van der Waals surface area contributed by atoms with Gasteiger partial charge in [-0.25, -0.2) is 9.59 Å². The van der Waals surface area contributed by atoms with Crippen LogP contribution >= 0.6 is 11.6 Å². The molecule has 0 aromatic heterocycles. The van der Waals surface area contributed by atoms with Crippen LogP contribution in [0.25, 0.3) is 0 Å². The van der Waals surface area contributed by atoms with E-state index < -0.39 is 12.1 Å². The Hall–Kier alpha value is -2.73. The molecule has 0 heterocycles. The third kappa shape index (κ3) is 4.37. The Morgan fingerprint density at radius 1 is 1.22 bits per heavy atom. The number of hydrogen-bond acceptors (Lipinski definition) is 4. The molecule has 0 saturated heterocycles. The zero-order valence-electron chi connectivity index (χ0n) is 12.2. The summed E-state index contributed by atoms with van der Waals surface area (Å²) in [5, 5.41) is 11.6. The summed E-state index contributed by atoms with van der Waals surface area (Å²) in [6.07, 6.45) is -0.708. The highest BCUT2D eigenvalue weighted by atomic mass is 35.5. The number of nitrogens with one attached hydrogen (secondary N) is 1. The first-order chi connectivity index (χ1) is 11.0. The number of carboxylic acids is 1. The number of benzene rings is 2. The fourth-order valence-electron chi connectivity index (χ4n) is 1.85. The van der Waals surface area contributed by atoms with E-state index in [9.17, 15) is 9.59 Å². The van der Waals surface area contributed by atoms with Crippen molar-refractivity contribution >= 4 is 29.4 Å². The molecule has 0 saturated carbocycles. The second kappa shape index (κ2) is 7.51. The summed E-state index contributed by atoms with van der Waals surface area (Å²) < 4.78 is 10.1. The predicted octanol–water partition coefficient (Wildman–Crippen LogP) is 3.80. The first-order valence-corrected chi connectivity index (χ1v) is 6.97. The van der Waals surface area contributed by atoms with Crippen LogP contribution in [0.2, 0.25) is 5.02 Å². The van der Waals surface area contributed by atoms with Gasteiger partial charge in [-0.2, -0.15) is 0 Å². The zero-order valence-corrected chi connectivity index (χ0v) is 13.0. The molecule has 0 aliphatic rings. The first kappa shape index (κ1) is 16.6. The van der Waals surface area contributed by atoms with E-state index in [1.165, 1.54) is 19.2 Å². The quantitative estimate of drug-likeness (QED) is 0.868. The number of carboxylic acid groups (broad SMARTS) is 1. The molecule has 2 aromatic rings. The summed E-state index contributed by atoms with van der Waals surface area (Å²) >= 11 is 5.97. The molecule has 0 fully saturated rings. The average Bonchev–Trinajstić information content (AvgIpc) is 2.55. The Morgan fingerprint density at radius 3 is 2.52 bits per heavy atom. The van der Waals surface area contributed by atoms with Crippen molar-refractivity contribution in [3.8, 4) is 5.75 Å². The van der Waals surface area contributed by atoms with Gasteiger partial charge in [-0.3, -0.25) is 5.32 Å². The van der Waals surface area contributed by atoms with Crippen LogP contribution in [0.15, 0.2) is 42.5 Å². The van der Waals surface area contributed by atoms with Gasteiger partial charge in [0.1, 0.15) is 17.9 Å². The Kier molecular flexibility index (Phi) is 5.43. The summed E-state index contributed by atoms with van der Waals surface area (Å²) in [5.41, 5.74) is 0.944. The summed E-state index contributed by atoms with van der Waals surface area (Å²) in [5.74, 6) is -1.10. The molecule has 0 radical (unpaired) electrons. The smallest absolute Gasteiger partial charge is 0.412 e. The van der Waals surface area contributed by atoms with Crippen LogP contribution < -0.4 is 10.1 Å². The summed E-state index contributed by atoms with van der Waals surface area (Å²) in [4.78, 5) is 22.9. The lowest BCUT2D eigenvalue weighted by Gasteiger charge is -2.12. The zero-order chi connectivity index (χ0) is 16.8. The van der Waals surface area contributed by atoms with E-state index in [4.69, 9.17) is 26.2 Å². The summed E-state index contributed by atoms with van der Waals surface area (Å²) in [7, 11) is 1.33. The molecule has 0 aliphatic heterocycles. The molecule has 120 valence electrons. The second-order valence-electron chi connectivity index (χ2n) is 4.52. The summed E-state index contributed by atoms with van der Waals surface area (Å²) in [6, 6.07) is 11.7. The fourth-order valence-corrected chi connectivity index (χ4v) is 2.07. The average molecular weight is 336 g/mol. The van der Waals surface area contributed by atoms with E-state index in [0.717, 1.165) is 5.56 Å². The molecular weight excluding hydrogens is 322 g/mol. The van der Waals surface area contributed by atoms with Crippen molar-refractivity contribution in [1.82, 2.24) is 0 Å². The van der Waals surface area contributed by atoms with Gasteiger partial charge >= 0.3 is 12.1 Å². The van der Waals surface area contributed by atoms with Crippen LogP contribution in [-0.2, 0) is 11.3 Å². The van der Waals surface area contributed by atoms with Gasteiger partial charge in [-0.15, -0.1) is 0 Å². The highest BCUT2D eigenvalue weighted by Gasteiger charge is 2.16. The van der Waals surface area contributed by atoms with E-state index in [1.807, 2.05) is 30.3 Å². The predicted molar refractivity (Wildman–Crippen MR) is 85.2 cm³/mol. The highest BCUT2D eigenvalue weighted by molar-refractivity contribution is 6.34.